The van der Waals surface area contributed by atoms with Gasteiger partial charge in [-0.2, -0.15) is 0 Å². The van der Waals surface area contributed by atoms with Crippen LogP contribution in [0.25, 0.3) is 0 Å². The molecule has 0 spiro atoms. The summed E-state index contributed by atoms with van der Waals surface area (Å²) in [4.78, 5) is 24.8. The van der Waals surface area contributed by atoms with Crippen molar-refractivity contribution in [2.24, 2.45) is 0 Å². The zero-order chi connectivity index (χ0) is 20.6. The minimum atomic E-state index is -0.710. The molecule has 148 valence electrons. The molecule has 1 atom stereocenters. The zero-order valence-corrected chi connectivity index (χ0v) is 16.5. The molecule has 5 heteroatoms. The van der Waals surface area contributed by atoms with Crippen LogP contribution in [0, 0.1) is 6.92 Å². The lowest BCUT2D eigenvalue weighted by Crippen LogP contribution is -2.30. The number of benzene rings is 3. The van der Waals surface area contributed by atoms with E-state index in [0.29, 0.717) is 17.9 Å². The summed E-state index contributed by atoms with van der Waals surface area (Å²) in [5, 5.41) is 5.72. The highest BCUT2D eigenvalue weighted by Gasteiger charge is 2.16. The van der Waals surface area contributed by atoms with E-state index in [0.717, 1.165) is 16.8 Å². The zero-order valence-electron chi connectivity index (χ0n) is 16.5. The smallest absolute Gasteiger partial charge is 0.265 e. The number of ether oxygens (including phenoxy) is 1. The van der Waals surface area contributed by atoms with E-state index in [1.54, 1.807) is 31.2 Å². The van der Waals surface area contributed by atoms with Crippen LogP contribution in [-0.2, 0) is 11.3 Å². The standard InChI is InChI=1S/C24H24N2O3/c1-17-8-6-12-21(14-17)26-23(27)18(2)29-22-13-7-11-20(15-22)24(28)25-16-19-9-4-3-5-10-19/h3-15,18H,16H2,1-2H3,(H,25,28)(H,26,27)/t18-/m1/s1. The molecule has 5 nitrogen and oxygen atoms in total. The van der Waals surface area contributed by atoms with Gasteiger partial charge in [0.1, 0.15) is 5.75 Å². The molecule has 2 N–H and O–H groups in total. The Labute approximate surface area is 170 Å². The van der Waals surface area contributed by atoms with Crippen molar-refractivity contribution in [1.29, 1.82) is 0 Å². The molecule has 0 radical (unpaired) electrons. The summed E-state index contributed by atoms with van der Waals surface area (Å²) in [5.41, 5.74) is 3.28. The van der Waals surface area contributed by atoms with Gasteiger partial charge in [0.2, 0.25) is 0 Å². The second-order valence-corrected chi connectivity index (χ2v) is 6.81. The van der Waals surface area contributed by atoms with Crippen LogP contribution in [0.4, 0.5) is 5.69 Å². The maximum absolute atomic E-state index is 12.4. The number of aryl methyl sites for hydroxylation is 1. The van der Waals surface area contributed by atoms with Crippen molar-refractivity contribution in [3.8, 4) is 5.75 Å². The van der Waals surface area contributed by atoms with Crippen molar-refractivity contribution < 1.29 is 14.3 Å². The van der Waals surface area contributed by atoms with Crippen molar-refractivity contribution in [2.45, 2.75) is 26.5 Å². The second kappa shape index (κ2) is 9.55. The van der Waals surface area contributed by atoms with E-state index < -0.39 is 6.10 Å². The van der Waals surface area contributed by atoms with Gasteiger partial charge in [0.25, 0.3) is 11.8 Å². The summed E-state index contributed by atoms with van der Waals surface area (Å²) in [5.74, 6) is 0.00922. The molecule has 0 fully saturated rings. The number of anilines is 1. The Kier molecular flexibility index (Phi) is 6.63. The number of rotatable bonds is 7. The molecular formula is C24H24N2O3. The van der Waals surface area contributed by atoms with Crippen molar-refractivity contribution >= 4 is 17.5 Å². The van der Waals surface area contributed by atoms with Crippen LogP contribution in [0.5, 0.6) is 5.75 Å². The van der Waals surface area contributed by atoms with Crippen LogP contribution in [0.15, 0.2) is 78.9 Å². The maximum atomic E-state index is 12.4. The van der Waals surface area contributed by atoms with E-state index in [1.807, 2.05) is 61.5 Å². The molecule has 3 rings (SSSR count). The monoisotopic (exact) mass is 388 g/mol. The first-order valence-electron chi connectivity index (χ1n) is 9.47. The Balaban J connectivity index is 1.58. The third-order valence-corrected chi connectivity index (χ3v) is 4.36. The van der Waals surface area contributed by atoms with Gasteiger partial charge in [-0.25, -0.2) is 0 Å². The predicted molar refractivity (Wildman–Crippen MR) is 114 cm³/mol. The summed E-state index contributed by atoms with van der Waals surface area (Å²) in [6.45, 7) is 4.08. The van der Waals surface area contributed by atoms with Crippen molar-refractivity contribution in [3.63, 3.8) is 0 Å². The fourth-order valence-electron chi connectivity index (χ4n) is 2.82. The first-order chi connectivity index (χ1) is 14.0. The average Bonchev–Trinajstić information content (AvgIpc) is 2.73. The third kappa shape index (κ3) is 5.94. The van der Waals surface area contributed by atoms with Gasteiger partial charge in [-0.15, -0.1) is 0 Å². The molecule has 29 heavy (non-hydrogen) atoms. The molecule has 0 heterocycles. The van der Waals surface area contributed by atoms with Gasteiger partial charge in [-0.05, 0) is 55.3 Å². The summed E-state index contributed by atoms with van der Waals surface area (Å²) in [6.07, 6.45) is -0.710. The third-order valence-electron chi connectivity index (χ3n) is 4.36. The van der Waals surface area contributed by atoms with E-state index in [1.165, 1.54) is 0 Å². The van der Waals surface area contributed by atoms with Crippen molar-refractivity contribution in [1.82, 2.24) is 5.32 Å². The van der Waals surface area contributed by atoms with E-state index in [9.17, 15) is 9.59 Å². The molecule has 0 aromatic heterocycles. The van der Waals surface area contributed by atoms with E-state index >= 15 is 0 Å². The highest BCUT2D eigenvalue weighted by molar-refractivity contribution is 5.95. The fourth-order valence-corrected chi connectivity index (χ4v) is 2.82. The first kappa shape index (κ1) is 20.1. The number of amides is 2. The molecular weight excluding hydrogens is 364 g/mol. The van der Waals surface area contributed by atoms with Crippen LogP contribution < -0.4 is 15.4 Å². The SMILES string of the molecule is Cc1cccc(NC(=O)[C@@H](C)Oc2cccc(C(=O)NCc3ccccc3)c2)c1. The second-order valence-electron chi connectivity index (χ2n) is 6.81. The van der Waals surface area contributed by atoms with Gasteiger partial charge >= 0.3 is 0 Å². The normalized spacial score (nSPS) is 11.4. The van der Waals surface area contributed by atoms with E-state index in [4.69, 9.17) is 4.74 Å². The minimum Gasteiger partial charge on any atom is -0.481 e. The lowest BCUT2D eigenvalue weighted by Gasteiger charge is -2.15. The van der Waals surface area contributed by atoms with Crippen LogP contribution in [0.2, 0.25) is 0 Å². The predicted octanol–water partition coefficient (Wildman–Crippen LogP) is 4.33. The van der Waals surface area contributed by atoms with E-state index in [-0.39, 0.29) is 11.8 Å². The lowest BCUT2D eigenvalue weighted by molar-refractivity contribution is -0.122. The summed E-state index contributed by atoms with van der Waals surface area (Å²) in [6, 6.07) is 24.1. The van der Waals surface area contributed by atoms with Gasteiger partial charge in [0.15, 0.2) is 6.10 Å². The first-order valence-corrected chi connectivity index (χ1v) is 9.47. The van der Waals surface area contributed by atoms with Crippen LogP contribution in [0.3, 0.4) is 0 Å². The summed E-state index contributed by atoms with van der Waals surface area (Å²) in [7, 11) is 0. The largest absolute Gasteiger partial charge is 0.481 e. The average molecular weight is 388 g/mol. The number of carbonyl (C=O) groups excluding carboxylic acids is 2. The molecule has 0 aliphatic rings. The number of carbonyl (C=O) groups is 2. The minimum absolute atomic E-state index is 0.198. The Morgan fingerprint density at radius 1 is 0.931 bits per heavy atom. The molecule has 2 amide bonds. The Bertz CT molecular complexity index is 986. The molecule has 3 aromatic rings. The molecule has 0 saturated carbocycles. The summed E-state index contributed by atoms with van der Waals surface area (Å²) < 4.78 is 5.74. The van der Waals surface area contributed by atoms with Gasteiger partial charge < -0.3 is 15.4 Å². The van der Waals surface area contributed by atoms with Crippen molar-refractivity contribution in [3.05, 3.63) is 95.6 Å². The lowest BCUT2D eigenvalue weighted by atomic mass is 10.2. The van der Waals surface area contributed by atoms with Crippen molar-refractivity contribution in [2.75, 3.05) is 5.32 Å². The fraction of sp³-hybridized carbons (Fsp3) is 0.167. The highest BCUT2D eigenvalue weighted by Crippen LogP contribution is 2.16. The number of hydrogen-bond acceptors (Lipinski definition) is 3. The van der Waals surface area contributed by atoms with Crippen LogP contribution >= 0.6 is 0 Å². The molecule has 0 unspecified atom stereocenters. The maximum Gasteiger partial charge on any atom is 0.265 e. The molecule has 0 aliphatic heterocycles. The van der Waals surface area contributed by atoms with Crippen LogP contribution in [0.1, 0.15) is 28.4 Å². The van der Waals surface area contributed by atoms with E-state index in [2.05, 4.69) is 10.6 Å². The Morgan fingerprint density at radius 3 is 2.45 bits per heavy atom. The van der Waals surface area contributed by atoms with Gasteiger partial charge in [0, 0.05) is 17.8 Å². The summed E-state index contributed by atoms with van der Waals surface area (Å²) >= 11 is 0. The van der Waals surface area contributed by atoms with Gasteiger partial charge in [-0.3, -0.25) is 9.59 Å². The molecule has 0 saturated heterocycles. The van der Waals surface area contributed by atoms with Crippen LogP contribution in [-0.4, -0.2) is 17.9 Å². The molecule has 0 bridgehead atoms. The van der Waals surface area contributed by atoms with Gasteiger partial charge in [0.05, 0.1) is 0 Å². The molecule has 0 aliphatic carbocycles. The highest BCUT2D eigenvalue weighted by atomic mass is 16.5. The van der Waals surface area contributed by atoms with Gasteiger partial charge in [-0.1, -0.05) is 48.5 Å². The molecule has 3 aromatic carbocycles. The number of hydrogen-bond donors (Lipinski definition) is 2. The Hall–Kier alpha value is -3.60. The quantitative estimate of drug-likeness (QED) is 0.633. The topological polar surface area (TPSA) is 67.4 Å². The number of nitrogens with one attached hydrogen (secondary N) is 2. The Morgan fingerprint density at radius 2 is 1.69 bits per heavy atom.